The third-order valence-corrected chi connectivity index (χ3v) is 5.10. The van der Waals surface area contributed by atoms with Crippen molar-refractivity contribution in [1.29, 1.82) is 0 Å². The van der Waals surface area contributed by atoms with E-state index in [0.717, 1.165) is 10.6 Å². The summed E-state index contributed by atoms with van der Waals surface area (Å²) in [5.41, 5.74) is -0.390. The first-order chi connectivity index (χ1) is 16.7. The van der Waals surface area contributed by atoms with Gasteiger partial charge in [0.05, 0.1) is 29.6 Å². The van der Waals surface area contributed by atoms with E-state index in [4.69, 9.17) is 9.15 Å². The van der Waals surface area contributed by atoms with E-state index in [1.165, 1.54) is 49.1 Å². The van der Waals surface area contributed by atoms with Crippen molar-refractivity contribution in [3.63, 3.8) is 0 Å². The molecule has 182 valence electrons. The summed E-state index contributed by atoms with van der Waals surface area (Å²) in [5.74, 6) is -1.26. The number of ether oxygens (including phenoxy) is 1. The molecule has 2 heterocycles. The number of carbonyl (C=O) groups is 3. The van der Waals surface area contributed by atoms with E-state index in [9.17, 15) is 24.0 Å². The van der Waals surface area contributed by atoms with E-state index in [2.05, 4.69) is 5.32 Å². The van der Waals surface area contributed by atoms with Crippen molar-refractivity contribution >= 4 is 29.5 Å². The van der Waals surface area contributed by atoms with Crippen molar-refractivity contribution in [2.75, 3.05) is 18.6 Å². The van der Waals surface area contributed by atoms with Crippen LogP contribution in [0.1, 0.15) is 21.7 Å². The number of nitrogens with zero attached hydrogens (tertiary/aromatic N) is 3. The number of nitrogens with one attached hydrogen (secondary N) is 1. The van der Waals surface area contributed by atoms with Crippen LogP contribution in [0.4, 0.5) is 5.69 Å². The minimum Gasteiger partial charge on any atom is -0.467 e. The number of aryl methyl sites for hydroxylation is 1. The molecule has 0 unspecified atom stereocenters. The van der Waals surface area contributed by atoms with Crippen LogP contribution in [0.2, 0.25) is 0 Å². The normalized spacial score (nSPS) is 10.8. The fraction of sp³-hybridized carbons (Fsp3) is 0.208. The predicted molar refractivity (Wildman–Crippen MR) is 127 cm³/mol. The second-order valence-electron chi connectivity index (χ2n) is 7.52. The number of rotatable bonds is 8. The number of furan rings is 1. The smallest absolute Gasteiger partial charge is 0.331 e. The van der Waals surface area contributed by atoms with E-state index < -0.39 is 35.6 Å². The first kappa shape index (κ1) is 25.0. The molecule has 35 heavy (non-hydrogen) atoms. The second kappa shape index (κ2) is 11.0. The van der Waals surface area contributed by atoms with Gasteiger partial charge in [0.1, 0.15) is 5.76 Å². The first-order valence-electron chi connectivity index (χ1n) is 10.5. The van der Waals surface area contributed by atoms with Gasteiger partial charge in [-0.3, -0.25) is 19.0 Å². The van der Waals surface area contributed by atoms with Crippen LogP contribution in [-0.2, 0) is 35.0 Å². The standard InChI is InChI=1S/C24H24N4O7/c1-26-14-16(23(32)28(3)24(26)33)10-11-21(30)35-15-20(29)27(2)19-9-5-4-8-18(19)22(31)25-13-17-7-6-12-34-17/h4-12,14H,13,15H2,1-3H3,(H,25,31)/b11-10+. The zero-order valence-corrected chi connectivity index (χ0v) is 19.4. The summed E-state index contributed by atoms with van der Waals surface area (Å²) in [5, 5.41) is 2.72. The van der Waals surface area contributed by atoms with Gasteiger partial charge in [0.25, 0.3) is 17.4 Å². The van der Waals surface area contributed by atoms with Crippen LogP contribution in [0, 0.1) is 0 Å². The van der Waals surface area contributed by atoms with Gasteiger partial charge in [-0.05, 0) is 30.3 Å². The number of likely N-dealkylation sites (N-methyl/N-ethyl adjacent to an activating group) is 1. The lowest BCUT2D eigenvalue weighted by molar-refractivity contribution is -0.142. The summed E-state index contributed by atoms with van der Waals surface area (Å²) in [4.78, 5) is 62.4. The first-order valence-corrected chi connectivity index (χ1v) is 10.5. The van der Waals surface area contributed by atoms with Gasteiger partial charge < -0.3 is 23.9 Å². The molecule has 2 aromatic heterocycles. The Morgan fingerprint density at radius 3 is 2.57 bits per heavy atom. The van der Waals surface area contributed by atoms with E-state index in [-0.39, 0.29) is 17.7 Å². The van der Waals surface area contributed by atoms with Crippen LogP contribution in [0.25, 0.3) is 6.08 Å². The van der Waals surface area contributed by atoms with Crippen LogP contribution < -0.4 is 21.5 Å². The molecule has 0 radical (unpaired) electrons. The Bertz CT molecular complexity index is 1380. The van der Waals surface area contributed by atoms with E-state index in [0.29, 0.717) is 11.4 Å². The van der Waals surface area contributed by atoms with Gasteiger partial charge in [-0.15, -0.1) is 0 Å². The molecule has 11 nitrogen and oxygen atoms in total. The number of carbonyl (C=O) groups excluding carboxylic acids is 3. The molecular formula is C24H24N4O7. The maximum absolute atomic E-state index is 12.6. The molecule has 2 amide bonds. The number of aromatic nitrogens is 2. The largest absolute Gasteiger partial charge is 0.467 e. The average Bonchev–Trinajstić information content (AvgIpc) is 3.39. The monoisotopic (exact) mass is 480 g/mol. The van der Waals surface area contributed by atoms with Crippen LogP contribution >= 0.6 is 0 Å². The molecule has 3 aromatic rings. The number of esters is 1. The topological polar surface area (TPSA) is 133 Å². The van der Waals surface area contributed by atoms with Gasteiger partial charge in [0.15, 0.2) is 6.61 Å². The molecule has 0 atom stereocenters. The van der Waals surface area contributed by atoms with Gasteiger partial charge >= 0.3 is 11.7 Å². The molecule has 0 aliphatic carbocycles. The van der Waals surface area contributed by atoms with Crippen molar-refractivity contribution in [3.8, 4) is 0 Å². The highest BCUT2D eigenvalue weighted by Gasteiger charge is 2.19. The quantitative estimate of drug-likeness (QED) is 0.373. The molecule has 0 saturated heterocycles. The molecule has 11 heteroatoms. The molecule has 0 spiro atoms. The highest BCUT2D eigenvalue weighted by Crippen LogP contribution is 2.19. The van der Waals surface area contributed by atoms with Crippen LogP contribution in [0.15, 0.2) is 68.9 Å². The average molecular weight is 480 g/mol. The number of benzene rings is 1. The molecular weight excluding hydrogens is 456 g/mol. The van der Waals surface area contributed by atoms with Gasteiger partial charge in [-0.2, -0.15) is 0 Å². The number of hydrogen-bond donors (Lipinski definition) is 1. The van der Waals surface area contributed by atoms with Crippen molar-refractivity contribution in [1.82, 2.24) is 14.5 Å². The summed E-state index contributed by atoms with van der Waals surface area (Å²) < 4.78 is 12.3. The summed E-state index contributed by atoms with van der Waals surface area (Å²) in [6.07, 6.45) is 4.99. The fourth-order valence-corrected chi connectivity index (χ4v) is 3.15. The summed E-state index contributed by atoms with van der Waals surface area (Å²) in [6.45, 7) is -0.409. The molecule has 0 saturated carbocycles. The Morgan fingerprint density at radius 2 is 1.86 bits per heavy atom. The maximum atomic E-state index is 12.6. The van der Waals surface area contributed by atoms with Gasteiger partial charge in [-0.25, -0.2) is 9.59 Å². The number of para-hydroxylation sites is 1. The highest BCUT2D eigenvalue weighted by atomic mass is 16.5. The third kappa shape index (κ3) is 6.02. The lowest BCUT2D eigenvalue weighted by Gasteiger charge is -2.20. The summed E-state index contributed by atoms with van der Waals surface area (Å²) >= 11 is 0. The van der Waals surface area contributed by atoms with Gasteiger partial charge in [0, 0.05) is 33.4 Å². The molecule has 0 fully saturated rings. The highest BCUT2D eigenvalue weighted by molar-refractivity contribution is 6.05. The third-order valence-electron chi connectivity index (χ3n) is 5.10. The maximum Gasteiger partial charge on any atom is 0.331 e. The number of anilines is 1. The van der Waals surface area contributed by atoms with Gasteiger partial charge in [-0.1, -0.05) is 12.1 Å². The lowest BCUT2D eigenvalue weighted by Crippen LogP contribution is -2.37. The molecule has 0 aliphatic rings. The summed E-state index contributed by atoms with van der Waals surface area (Å²) in [7, 11) is 4.25. The number of hydrogen-bond acceptors (Lipinski definition) is 7. The van der Waals surface area contributed by atoms with Gasteiger partial charge in [0.2, 0.25) is 0 Å². The van der Waals surface area contributed by atoms with Crippen LogP contribution in [0.3, 0.4) is 0 Å². The second-order valence-corrected chi connectivity index (χ2v) is 7.52. The summed E-state index contributed by atoms with van der Waals surface area (Å²) in [6, 6.07) is 9.93. The van der Waals surface area contributed by atoms with Crippen molar-refractivity contribution in [2.24, 2.45) is 14.1 Å². The Morgan fingerprint density at radius 1 is 1.11 bits per heavy atom. The molecule has 1 aromatic carbocycles. The Labute approximate surface area is 199 Å². The van der Waals surface area contributed by atoms with E-state index in [1.54, 1.807) is 36.4 Å². The number of amides is 2. The Hall–Kier alpha value is -4.67. The fourth-order valence-electron chi connectivity index (χ4n) is 3.15. The van der Waals surface area contributed by atoms with Crippen molar-refractivity contribution in [3.05, 3.63) is 92.7 Å². The minimum absolute atomic E-state index is 0.101. The molecule has 1 N–H and O–H groups in total. The van der Waals surface area contributed by atoms with Crippen molar-refractivity contribution < 1.29 is 23.5 Å². The molecule has 3 rings (SSSR count). The van der Waals surface area contributed by atoms with E-state index in [1.807, 2.05) is 0 Å². The van der Waals surface area contributed by atoms with Crippen LogP contribution in [-0.4, -0.2) is 40.6 Å². The predicted octanol–water partition coefficient (Wildman–Crippen LogP) is 0.826. The molecule has 0 aliphatic heterocycles. The van der Waals surface area contributed by atoms with Crippen molar-refractivity contribution in [2.45, 2.75) is 6.54 Å². The molecule has 0 bridgehead atoms. The zero-order valence-electron chi connectivity index (χ0n) is 19.4. The Kier molecular flexibility index (Phi) is 7.82. The minimum atomic E-state index is -0.855. The Balaban J connectivity index is 1.62. The lowest BCUT2D eigenvalue weighted by atomic mass is 10.1. The van der Waals surface area contributed by atoms with Crippen LogP contribution in [0.5, 0.6) is 0 Å². The zero-order chi connectivity index (χ0) is 25.5. The van der Waals surface area contributed by atoms with E-state index >= 15 is 0 Å². The SMILES string of the molecule is CN(C(=O)COC(=O)/C=C/c1cn(C)c(=O)n(C)c1=O)c1ccccc1C(=O)NCc1ccco1.